The first-order valence-corrected chi connectivity index (χ1v) is 7.07. The van der Waals surface area contributed by atoms with E-state index in [1.807, 2.05) is 12.1 Å². The van der Waals surface area contributed by atoms with Gasteiger partial charge in [0.1, 0.15) is 5.75 Å². The van der Waals surface area contributed by atoms with Crippen molar-refractivity contribution >= 4 is 0 Å². The van der Waals surface area contributed by atoms with Crippen LogP contribution in [0.1, 0.15) is 38.7 Å². The Morgan fingerprint density at radius 2 is 1.83 bits per heavy atom. The van der Waals surface area contributed by atoms with Crippen LogP contribution >= 0.6 is 0 Å². The molecule has 2 unspecified atom stereocenters. The molecule has 0 bridgehead atoms. The number of para-hydroxylation sites is 1. The fraction of sp³-hybridized carbons (Fsp3) is 0.625. The third-order valence-corrected chi connectivity index (χ3v) is 4.27. The number of nitrogens with one attached hydrogen (secondary N) is 1. The minimum atomic E-state index is 0.642. The first kappa shape index (κ1) is 13.4. The van der Waals surface area contributed by atoms with Crippen LogP contribution in [0.2, 0.25) is 0 Å². The predicted molar refractivity (Wildman–Crippen MR) is 75.8 cm³/mol. The summed E-state index contributed by atoms with van der Waals surface area (Å²) in [5, 5.41) is 3.73. The smallest absolute Gasteiger partial charge is 0.123 e. The van der Waals surface area contributed by atoms with E-state index in [0.29, 0.717) is 6.04 Å². The Morgan fingerprint density at radius 3 is 2.50 bits per heavy atom. The number of hydrogen-bond donors (Lipinski definition) is 1. The summed E-state index contributed by atoms with van der Waals surface area (Å²) in [7, 11) is 1.74. The third-order valence-electron chi connectivity index (χ3n) is 4.27. The van der Waals surface area contributed by atoms with Gasteiger partial charge in [-0.1, -0.05) is 38.5 Å². The molecule has 1 aliphatic rings. The van der Waals surface area contributed by atoms with E-state index in [4.69, 9.17) is 4.74 Å². The lowest BCUT2D eigenvalue weighted by Crippen LogP contribution is -2.42. The lowest BCUT2D eigenvalue weighted by atomic mass is 9.78. The van der Waals surface area contributed by atoms with Gasteiger partial charge in [0.2, 0.25) is 0 Å². The molecule has 0 heterocycles. The van der Waals surface area contributed by atoms with Gasteiger partial charge in [0.25, 0.3) is 0 Å². The van der Waals surface area contributed by atoms with Crippen molar-refractivity contribution in [2.24, 2.45) is 11.8 Å². The van der Waals surface area contributed by atoms with Gasteiger partial charge >= 0.3 is 0 Å². The first-order chi connectivity index (χ1) is 8.72. The highest BCUT2D eigenvalue weighted by Crippen LogP contribution is 2.29. The second-order valence-corrected chi connectivity index (χ2v) is 5.60. The molecule has 0 saturated heterocycles. The molecule has 1 saturated carbocycles. The summed E-state index contributed by atoms with van der Waals surface area (Å²) in [5.41, 5.74) is 1.25. The Kier molecular flexibility index (Phi) is 4.65. The van der Waals surface area contributed by atoms with Gasteiger partial charge in [0.15, 0.2) is 0 Å². The molecule has 0 spiro atoms. The standard InChI is InChI=1S/C16H25NO/c1-12-7-6-8-13(2)16(12)17-11-14-9-4-5-10-15(14)18-3/h4-5,9-10,12-13,16-17H,6-8,11H2,1-3H3. The maximum absolute atomic E-state index is 5.40. The molecule has 0 aliphatic heterocycles. The summed E-state index contributed by atoms with van der Waals surface area (Å²) < 4.78 is 5.40. The molecule has 0 amide bonds. The van der Waals surface area contributed by atoms with Gasteiger partial charge in [-0.05, 0) is 30.7 Å². The number of ether oxygens (including phenoxy) is 1. The summed E-state index contributed by atoms with van der Waals surface area (Å²) in [4.78, 5) is 0. The van der Waals surface area contributed by atoms with E-state index in [-0.39, 0.29) is 0 Å². The highest BCUT2D eigenvalue weighted by molar-refractivity contribution is 5.33. The van der Waals surface area contributed by atoms with Crippen molar-refractivity contribution in [2.45, 2.75) is 45.7 Å². The lowest BCUT2D eigenvalue weighted by Gasteiger charge is -2.35. The molecule has 1 fully saturated rings. The van der Waals surface area contributed by atoms with Crippen molar-refractivity contribution in [3.8, 4) is 5.75 Å². The Labute approximate surface area is 111 Å². The Bertz CT molecular complexity index is 367. The molecule has 1 aromatic carbocycles. The van der Waals surface area contributed by atoms with Crippen LogP contribution in [0.15, 0.2) is 24.3 Å². The number of benzene rings is 1. The van der Waals surface area contributed by atoms with Crippen molar-refractivity contribution in [3.63, 3.8) is 0 Å². The molecule has 2 atom stereocenters. The Balaban J connectivity index is 1.97. The maximum atomic E-state index is 5.40. The van der Waals surface area contributed by atoms with Crippen LogP contribution < -0.4 is 10.1 Å². The fourth-order valence-corrected chi connectivity index (χ4v) is 3.16. The number of methoxy groups -OCH3 is 1. The number of hydrogen-bond acceptors (Lipinski definition) is 2. The van der Waals surface area contributed by atoms with Gasteiger partial charge in [0, 0.05) is 18.2 Å². The van der Waals surface area contributed by atoms with Crippen molar-refractivity contribution in [2.75, 3.05) is 7.11 Å². The zero-order valence-electron chi connectivity index (χ0n) is 11.8. The van der Waals surface area contributed by atoms with Crippen LogP contribution in [-0.2, 0) is 6.54 Å². The Morgan fingerprint density at radius 1 is 1.17 bits per heavy atom. The van der Waals surface area contributed by atoms with Gasteiger partial charge < -0.3 is 10.1 Å². The van der Waals surface area contributed by atoms with Gasteiger partial charge in [-0.2, -0.15) is 0 Å². The summed E-state index contributed by atoms with van der Waals surface area (Å²) >= 11 is 0. The molecule has 18 heavy (non-hydrogen) atoms. The quantitative estimate of drug-likeness (QED) is 0.877. The van der Waals surface area contributed by atoms with E-state index in [1.54, 1.807) is 7.11 Å². The topological polar surface area (TPSA) is 21.3 Å². The fourth-order valence-electron chi connectivity index (χ4n) is 3.16. The van der Waals surface area contributed by atoms with E-state index in [1.165, 1.54) is 24.8 Å². The van der Waals surface area contributed by atoms with Gasteiger partial charge in [-0.3, -0.25) is 0 Å². The zero-order chi connectivity index (χ0) is 13.0. The van der Waals surface area contributed by atoms with Crippen molar-refractivity contribution in [1.29, 1.82) is 0 Å². The van der Waals surface area contributed by atoms with Crippen LogP contribution in [0.25, 0.3) is 0 Å². The van der Waals surface area contributed by atoms with E-state index in [0.717, 1.165) is 24.1 Å². The molecule has 100 valence electrons. The SMILES string of the molecule is COc1ccccc1CNC1C(C)CCCC1C. The second-order valence-electron chi connectivity index (χ2n) is 5.60. The van der Waals surface area contributed by atoms with Crippen LogP contribution in [0.3, 0.4) is 0 Å². The normalized spacial score (nSPS) is 28.1. The minimum Gasteiger partial charge on any atom is -0.496 e. The van der Waals surface area contributed by atoms with Crippen LogP contribution in [-0.4, -0.2) is 13.2 Å². The first-order valence-electron chi connectivity index (χ1n) is 7.07. The average Bonchev–Trinajstić information content (AvgIpc) is 2.38. The number of rotatable bonds is 4. The zero-order valence-corrected chi connectivity index (χ0v) is 11.8. The molecule has 2 nitrogen and oxygen atoms in total. The largest absolute Gasteiger partial charge is 0.496 e. The third kappa shape index (κ3) is 3.05. The maximum Gasteiger partial charge on any atom is 0.123 e. The van der Waals surface area contributed by atoms with E-state index in [9.17, 15) is 0 Å². The van der Waals surface area contributed by atoms with E-state index < -0.39 is 0 Å². The van der Waals surface area contributed by atoms with E-state index in [2.05, 4.69) is 31.3 Å². The molecule has 2 heteroatoms. The molecular formula is C16H25NO. The monoisotopic (exact) mass is 247 g/mol. The van der Waals surface area contributed by atoms with Crippen molar-refractivity contribution in [1.82, 2.24) is 5.32 Å². The molecule has 1 N–H and O–H groups in total. The van der Waals surface area contributed by atoms with Crippen LogP contribution in [0.4, 0.5) is 0 Å². The molecule has 1 aromatic rings. The summed E-state index contributed by atoms with van der Waals surface area (Å²) in [5.74, 6) is 2.55. The lowest BCUT2D eigenvalue weighted by molar-refractivity contribution is 0.207. The van der Waals surface area contributed by atoms with Gasteiger partial charge in [-0.25, -0.2) is 0 Å². The summed E-state index contributed by atoms with van der Waals surface area (Å²) in [6, 6.07) is 8.92. The molecular weight excluding hydrogens is 222 g/mol. The van der Waals surface area contributed by atoms with Crippen LogP contribution in [0.5, 0.6) is 5.75 Å². The van der Waals surface area contributed by atoms with Crippen molar-refractivity contribution in [3.05, 3.63) is 29.8 Å². The predicted octanol–water partition coefficient (Wildman–Crippen LogP) is 3.61. The summed E-state index contributed by atoms with van der Waals surface area (Å²) in [6.07, 6.45) is 4.09. The highest BCUT2D eigenvalue weighted by atomic mass is 16.5. The average molecular weight is 247 g/mol. The minimum absolute atomic E-state index is 0.642. The molecule has 1 aliphatic carbocycles. The molecule has 2 rings (SSSR count). The molecule has 0 radical (unpaired) electrons. The van der Waals surface area contributed by atoms with Crippen LogP contribution in [0, 0.1) is 11.8 Å². The summed E-state index contributed by atoms with van der Waals surface area (Å²) in [6.45, 7) is 5.65. The van der Waals surface area contributed by atoms with Crippen molar-refractivity contribution < 1.29 is 4.74 Å². The van der Waals surface area contributed by atoms with E-state index >= 15 is 0 Å². The highest BCUT2D eigenvalue weighted by Gasteiger charge is 2.27. The second kappa shape index (κ2) is 6.24. The van der Waals surface area contributed by atoms with Gasteiger partial charge in [0.05, 0.1) is 7.11 Å². The van der Waals surface area contributed by atoms with Gasteiger partial charge in [-0.15, -0.1) is 0 Å². The Hall–Kier alpha value is -1.02. The molecule has 0 aromatic heterocycles.